The van der Waals surface area contributed by atoms with Crippen LogP contribution in [-0.4, -0.2) is 14.9 Å². The van der Waals surface area contributed by atoms with Gasteiger partial charge in [0.05, 0.1) is 22.9 Å². The third-order valence-electron chi connectivity index (χ3n) is 4.49. The first-order valence-electron chi connectivity index (χ1n) is 8.21. The van der Waals surface area contributed by atoms with E-state index >= 15 is 0 Å². The Bertz CT molecular complexity index is 1130. The van der Waals surface area contributed by atoms with Crippen LogP contribution in [0.15, 0.2) is 60.0 Å². The fourth-order valence-electron chi connectivity index (χ4n) is 3.33. The average molecular weight is 379 g/mol. The van der Waals surface area contributed by atoms with Gasteiger partial charge >= 0.3 is 0 Å². The van der Waals surface area contributed by atoms with Gasteiger partial charge in [-0.2, -0.15) is 10.4 Å². The SMILES string of the molecule is Cc1nn(-c2cccc(Cl)c2)c2c1[C@H](c1cccc(O)c1)C(C#N)=C(N)O2. The number of ether oxygens (including phenoxy) is 1. The van der Waals surface area contributed by atoms with Crippen LogP contribution in [0.2, 0.25) is 5.02 Å². The minimum Gasteiger partial charge on any atom is -0.508 e. The van der Waals surface area contributed by atoms with Crippen molar-refractivity contribution in [3.05, 3.63) is 81.8 Å². The van der Waals surface area contributed by atoms with Gasteiger partial charge in [-0.05, 0) is 42.8 Å². The monoisotopic (exact) mass is 378 g/mol. The first kappa shape index (κ1) is 17.0. The molecule has 2 heterocycles. The number of nitriles is 1. The first-order chi connectivity index (χ1) is 13.0. The van der Waals surface area contributed by atoms with Crippen LogP contribution >= 0.6 is 11.6 Å². The summed E-state index contributed by atoms with van der Waals surface area (Å²) in [5, 5.41) is 24.7. The van der Waals surface area contributed by atoms with Crippen LogP contribution in [0.25, 0.3) is 5.69 Å². The molecule has 0 bridgehead atoms. The van der Waals surface area contributed by atoms with Crippen molar-refractivity contribution < 1.29 is 9.84 Å². The lowest BCUT2D eigenvalue weighted by atomic mass is 9.84. The number of aryl methyl sites for hydroxylation is 1. The topological polar surface area (TPSA) is 97.1 Å². The molecule has 27 heavy (non-hydrogen) atoms. The van der Waals surface area contributed by atoms with Crippen molar-refractivity contribution in [2.24, 2.45) is 5.73 Å². The van der Waals surface area contributed by atoms with Crippen molar-refractivity contribution in [2.45, 2.75) is 12.8 Å². The summed E-state index contributed by atoms with van der Waals surface area (Å²) in [5.74, 6) is 0.0659. The lowest BCUT2D eigenvalue weighted by Crippen LogP contribution is -2.22. The number of benzene rings is 2. The minimum absolute atomic E-state index is 0.0153. The molecule has 6 nitrogen and oxygen atoms in total. The molecule has 2 aromatic carbocycles. The Balaban J connectivity index is 1.97. The molecule has 1 aromatic heterocycles. The number of phenolic OH excluding ortho intramolecular Hbond substituents is 1. The van der Waals surface area contributed by atoms with E-state index in [-0.39, 0.29) is 17.2 Å². The maximum atomic E-state index is 9.90. The number of hydrogen-bond acceptors (Lipinski definition) is 5. The normalized spacial score (nSPS) is 15.8. The third-order valence-corrected chi connectivity index (χ3v) is 4.72. The van der Waals surface area contributed by atoms with Gasteiger partial charge in [0, 0.05) is 5.02 Å². The molecule has 0 radical (unpaired) electrons. The van der Waals surface area contributed by atoms with Gasteiger partial charge in [0.2, 0.25) is 11.8 Å². The molecule has 0 fully saturated rings. The molecule has 7 heteroatoms. The Morgan fingerprint density at radius 1 is 1.26 bits per heavy atom. The van der Waals surface area contributed by atoms with E-state index in [1.165, 1.54) is 0 Å². The molecule has 0 spiro atoms. The van der Waals surface area contributed by atoms with Gasteiger partial charge in [-0.3, -0.25) is 0 Å². The molecule has 3 aromatic rings. The number of aromatic nitrogens is 2. The van der Waals surface area contributed by atoms with E-state index in [1.807, 2.05) is 25.1 Å². The summed E-state index contributed by atoms with van der Waals surface area (Å²) in [5.41, 5.74) is 9.21. The van der Waals surface area contributed by atoms with Crippen molar-refractivity contribution in [3.8, 4) is 23.4 Å². The van der Waals surface area contributed by atoms with Crippen LogP contribution < -0.4 is 10.5 Å². The van der Waals surface area contributed by atoms with Crippen molar-refractivity contribution >= 4 is 11.6 Å². The fourth-order valence-corrected chi connectivity index (χ4v) is 3.52. The first-order valence-corrected chi connectivity index (χ1v) is 8.59. The second-order valence-electron chi connectivity index (χ2n) is 6.22. The molecule has 1 aliphatic heterocycles. The van der Waals surface area contributed by atoms with E-state index in [2.05, 4.69) is 11.2 Å². The number of allylic oxidation sites excluding steroid dienone is 1. The highest BCUT2D eigenvalue weighted by molar-refractivity contribution is 6.30. The third kappa shape index (κ3) is 2.78. The van der Waals surface area contributed by atoms with Crippen LogP contribution in [0.3, 0.4) is 0 Å². The zero-order valence-corrected chi connectivity index (χ0v) is 15.1. The molecule has 0 aliphatic carbocycles. The second-order valence-corrected chi connectivity index (χ2v) is 6.65. The quantitative estimate of drug-likeness (QED) is 0.707. The maximum absolute atomic E-state index is 9.90. The molecular formula is C20H15ClN4O2. The Hall–Kier alpha value is -3.43. The van der Waals surface area contributed by atoms with E-state index in [0.717, 1.165) is 16.8 Å². The minimum atomic E-state index is -0.487. The number of nitrogens with two attached hydrogens (primary N) is 1. The van der Waals surface area contributed by atoms with Gasteiger partial charge in [0.15, 0.2) is 0 Å². The van der Waals surface area contributed by atoms with Gasteiger partial charge in [-0.15, -0.1) is 0 Å². The Kier molecular flexibility index (Phi) is 4.02. The molecule has 1 atom stereocenters. The summed E-state index contributed by atoms with van der Waals surface area (Å²) in [6, 6.07) is 16.1. The van der Waals surface area contributed by atoms with E-state index in [0.29, 0.717) is 16.6 Å². The number of rotatable bonds is 2. The second kappa shape index (κ2) is 6.38. The average Bonchev–Trinajstić information content (AvgIpc) is 2.96. The number of hydrogen-bond donors (Lipinski definition) is 2. The Labute approximate surface area is 160 Å². The number of fused-ring (bicyclic) bond motifs is 1. The standard InChI is InChI=1S/C20H15ClN4O2/c1-11-17-18(12-4-2-7-15(26)8-12)16(10-22)19(23)27-20(17)25(24-11)14-6-3-5-13(21)9-14/h2-9,18,26H,23H2,1H3/t18-/m1/s1. The summed E-state index contributed by atoms with van der Waals surface area (Å²) in [6.07, 6.45) is 0. The molecular weight excluding hydrogens is 364 g/mol. The van der Waals surface area contributed by atoms with Crippen molar-refractivity contribution in [1.29, 1.82) is 5.26 Å². The van der Waals surface area contributed by atoms with Crippen LogP contribution in [0.5, 0.6) is 11.6 Å². The summed E-state index contributed by atoms with van der Waals surface area (Å²) in [4.78, 5) is 0. The Morgan fingerprint density at radius 3 is 2.74 bits per heavy atom. The smallest absolute Gasteiger partial charge is 0.229 e. The molecule has 0 unspecified atom stereocenters. The van der Waals surface area contributed by atoms with Crippen LogP contribution in [0, 0.1) is 18.3 Å². The zero-order chi connectivity index (χ0) is 19.1. The van der Waals surface area contributed by atoms with E-state index in [9.17, 15) is 10.4 Å². The number of halogens is 1. The van der Waals surface area contributed by atoms with E-state index in [4.69, 9.17) is 22.1 Å². The maximum Gasteiger partial charge on any atom is 0.229 e. The molecule has 0 saturated carbocycles. The summed E-state index contributed by atoms with van der Waals surface area (Å²) in [6.45, 7) is 1.84. The number of aromatic hydroxyl groups is 1. The van der Waals surface area contributed by atoms with Crippen molar-refractivity contribution in [3.63, 3.8) is 0 Å². The molecule has 1 aliphatic rings. The van der Waals surface area contributed by atoms with Crippen LogP contribution in [-0.2, 0) is 0 Å². The van der Waals surface area contributed by atoms with Gasteiger partial charge in [0.1, 0.15) is 17.4 Å². The van der Waals surface area contributed by atoms with Crippen molar-refractivity contribution in [2.75, 3.05) is 0 Å². The molecule has 3 N–H and O–H groups in total. The molecule has 134 valence electrons. The summed E-state index contributed by atoms with van der Waals surface area (Å²) >= 11 is 6.11. The predicted molar refractivity (Wildman–Crippen MR) is 101 cm³/mol. The zero-order valence-electron chi connectivity index (χ0n) is 14.3. The lowest BCUT2D eigenvalue weighted by Gasteiger charge is -2.25. The number of phenols is 1. The van der Waals surface area contributed by atoms with Gasteiger partial charge in [-0.1, -0.05) is 29.8 Å². The van der Waals surface area contributed by atoms with E-state index < -0.39 is 5.92 Å². The van der Waals surface area contributed by atoms with Crippen LogP contribution in [0.1, 0.15) is 22.7 Å². The Morgan fingerprint density at radius 2 is 2.04 bits per heavy atom. The highest BCUT2D eigenvalue weighted by atomic mass is 35.5. The highest BCUT2D eigenvalue weighted by Crippen LogP contribution is 2.45. The lowest BCUT2D eigenvalue weighted by molar-refractivity contribution is 0.367. The fraction of sp³-hybridized carbons (Fsp3) is 0.100. The van der Waals surface area contributed by atoms with Crippen molar-refractivity contribution in [1.82, 2.24) is 9.78 Å². The van der Waals surface area contributed by atoms with Gasteiger partial charge < -0.3 is 15.6 Å². The summed E-state index contributed by atoms with van der Waals surface area (Å²) < 4.78 is 7.41. The van der Waals surface area contributed by atoms with Gasteiger partial charge in [-0.25, -0.2) is 4.68 Å². The largest absolute Gasteiger partial charge is 0.508 e. The number of nitrogens with zero attached hydrogens (tertiary/aromatic N) is 3. The van der Waals surface area contributed by atoms with E-state index in [1.54, 1.807) is 35.0 Å². The molecule has 0 saturated heterocycles. The predicted octanol–water partition coefficient (Wildman–Crippen LogP) is 3.76. The highest BCUT2D eigenvalue weighted by Gasteiger charge is 2.36. The molecule has 4 rings (SSSR count). The molecule has 0 amide bonds. The van der Waals surface area contributed by atoms with Crippen LogP contribution in [0.4, 0.5) is 0 Å². The van der Waals surface area contributed by atoms with Gasteiger partial charge in [0.25, 0.3) is 0 Å². The summed E-state index contributed by atoms with van der Waals surface area (Å²) in [7, 11) is 0.